The number of rotatable bonds is 3. The van der Waals surface area contributed by atoms with Crippen molar-refractivity contribution in [3.8, 4) is 0 Å². The van der Waals surface area contributed by atoms with Gasteiger partial charge < -0.3 is 14.7 Å². The first-order chi connectivity index (χ1) is 8.70. The lowest BCUT2D eigenvalue weighted by Gasteiger charge is -2.35. The zero-order valence-corrected chi connectivity index (χ0v) is 11.2. The highest BCUT2D eigenvalue weighted by atomic mass is 16.2. The van der Waals surface area contributed by atoms with Gasteiger partial charge in [-0.2, -0.15) is 0 Å². The van der Waals surface area contributed by atoms with Crippen LogP contribution in [0.15, 0.2) is 0 Å². The van der Waals surface area contributed by atoms with Gasteiger partial charge in [-0.15, -0.1) is 0 Å². The first-order valence-corrected chi connectivity index (χ1v) is 6.98. The smallest absolute Gasteiger partial charge is 0.242 e. The van der Waals surface area contributed by atoms with E-state index >= 15 is 0 Å². The van der Waals surface area contributed by atoms with E-state index in [1.54, 1.807) is 4.90 Å². The molecule has 0 aromatic carbocycles. The van der Waals surface area contributed by atoms with Crippen LogP contribution >= 0.6 is 0 Å². The minimum Gasteiger partial charge on any atom is -0.339 e. The number of likely N-dealkylation sites (N-methyl/N-ethyl adjacent to an activating group) is 1. The SMILES string of the molecule is CCN1CCN(C(=O)CN2CCCCC2=O)CC1. The second-order valence-corrected chi connectivity index (χ2v) is 5.09. The summed E-state index contributed by atoms with van der Waals surface area (Å²) < 4.78 is 0. The average Bonchev–Trinajstić information content (AvgIpc) is 2.41. The van der Waals surface area contributed by atoms with Crippen LogP contribution in [-0.4, -0.2) is 72.3 Å². The fourth-order valence-corrected chi connectivity index (χ4v) is 2.61. The molecule has 0 atom stereocenters. The van der Waals surface area contributed by atoms with Crippen LogP contribution in [0.3, 0.4) is 0 Å². The molecule has 0 aromatic heterocycles. The van der Waals surface area contributed by atoms with Gasteiger partial charge in [-0.3, -0.25) is 9.59 Å². The number of hydrogen-bond acceptors (Lipinski definition) is 3. The van der Waals surface area contributed by atoms with Crippen LogP contribution in [0.4, 0.5) is 0 Å². The number of amides is 2. The van der Waals surface area contributed by atoms with Gasteiger partial charge in [0.05, 0.1) is 6.54 Å². The van der Waals surface area contributed by atoms with Crippen molar-refractivity contribution in [2.45, 2.75) is 26.2 Å². The van der Waals surface area contributed by atoms with Crippen LogP contribution in [0.1, 0.15) is 26.2 Å². The molecule has 0 spiro atoms. The Hall–Kier alpha value is -1.10. The standard InChI is InChI=1S/C13H23N3O2/c1-2-14-7-9-15(10-8-14)13(18)11-16-6-4-3-5-12(16)17/h2-11H2,1H3. The monoisotopic (exact) mass is 253 g/mol. The molecule has 102 valence electrons. The molecule has 0 bridgehead atoms. The number of piperidine rings is 1. The second-order valence-electron chi connectivity index (χ2n) is 5.09. The van der Waals surface area contributed by atoms with Crippen molar-refractivity contribution in [2.24, 2.45) is 0 Å². The van der Waals surface area contributed by atoms with Gasteiger partial charge in [0.2, 0.25) is 11.8 Å². The maximum atomic E-state index is 12.1. The van der Waals surface area contributed by atoms with E-state index in [-0.39, 0.29) is 18.4 Å². The Morgan fingerprint density at radius 1 is 1.11 bits per heavy atom. The zero-order valence-electron chi connectivity index (χ0n) is 11.2. The summed E-state index contributed by atoms with van der Waals surface area (Å²) >= 11 is 0. The average molecular weight is 253 g/mol. The number of carbonyl (C=O) groups excluding carboxylic acids is 2. The van der Waals surface area contributed by atoms with Crippen molar-refractivity contribution in [3.63, 3.8) is 0 Å². The van der Waals surface area contributed by atoms with E-state index in [0.717, 1.165) is 52.1 Å². The van der Waals surface area contributed by atoms with Gasteiger partial charge in [-0.1, -0.05) is 6.92 Å². The molecule has 2 fully saturated rings. The summed E-state index contributed by atoms with van der Waals surface area (Å²) in [5, 5.41) is 0. The Bertz CT molecular complexity index is 311. The van der Waals surface area contributed by atoms with Gasteiger partial charge in [0, 0.05) is 39.1 Å². The molecule has 2 saturated heterocycles. The third-order valence-electron chi connectivity index (χ3n) is 3.92. The van der Waals surface area contributed by atoms with Crippen molar-refractivity contribution >= 4 is 11.8 Å². The van der Waals surface area contributed by atoms with E-state index in [0.29, 0.717) is 6.42 Å². The highest BCUT2D eigenvalue weighted by Gasteiger charge is 2.25. The normalized spacial score (nSPS) is 22.4. The van der Waals surface area contributed by atoms with Gasteiger partial charge in [-0.25, -0.2) is 0 Å². The summed E-state index contributed by atoms with van der Waals surface area (Å²) in [6.07, 6.45) is 2.61. The van der Waals surface area contributed by atoms with Crippen LogP contribution < -0.4 is 0 Å². The van der Waals surface area contributed by atoms with E-state index in [1.807, 2.05) is 4.90 Å². The maximum absolute atomic E-state index is 12.1. The van der Waals surface area contributed by atoms with Crippen LogP contribution in [0, 0.1) is 0 Å². The topological polar surface area (TPSA) is 43.9 Å². The summed E-state index contributed by atoms with van der Waals surface area (Å²) in [7, 11) is 0. The fraction of sp³-hybridized carbons (Fsp3) is 0.846. The summed E-state index contributed by atoms with van der Waals surface area (Å²) in [4.78, 5) is 29.7. The maximum Gasteiger partial charge on any atom is 0.242 e. The van der Waals surface area contributed by atoms with Gasteiger partial charge in [0.15, 0.2) is 0 Å². The van der Waals surface area contributed by atoms with Crippen LogP contribution in [0.5, 0.6) is 0 Å². The van der Waals surface area contributed by atoms with Gasteiger partial charge >= 0.3 is 0 Å². The number of hydrogen-bond donors (Lipinski definition) is 0. The predicted octanol–water partition coefficient (Wildman–Crippen LogP) is 0.163. The molecule has 0 N–H and O–H groups in total. The molecular formula is C13H23N3O2. The highest BCUT2D eigenvalue weighted by molar-refractivity contribution is 5.85. The summed E-state index contributed by atoms with van der Waals surface area (Å²) in [5.74, 6) is 0.253. The van der Waals surface area contributed by atoms with Gasteiger partial charge in [0.25, 0.3) is 0 Å². The lowest BCUT2D eigenvalue weighted by atomic mass is 10.1. The molecule has 2 heterocycles. The highest BCUT2D eigenvalue weighted by Crippen LogP contribution is 2.11. The Labute approximate surface area is 109 Å². The van der Waals surface area contributed by atoms with Crippen LogP contribution in [0.2, 0.25) is 0 Å². The fourth-order valence-electron chi connectivity index (χ4n) is 2.61. The van der Waals surface area contributed by atoms with E-state index in [2.05, 4.69) is 11.8 Å². The third kappa shape index (κ3) is 3.22. The molecule has 0 saturated carbocycles. The Balaban J connectivity index is 1.79. The summed E-state index contributed by atoms with van der Waals surface area (Å²) in [6.45, 7) is 7.73. The zero-order chi connectivity index (χ0) is 13.0. The molecule has 2 amide bonds. The summed E-state index contributed by atoms with van der Waals surface area (Å²) in [6, 6.07) is 0. The largest absolute Gasteiger partial charge is 0.339 e. The first kappa shape index (κ1) is 13.3. The van der Waals surface area contributed by atoms with Crippen molar-refractivity contribution in [3.05, 3.63) is 0 Å². The number of piperazine rings is 1. The number of carbonyl (C=O) groups is 2. The number of nitrogens with zero attached hydrogens (tertiary/aromatic N) is 3. The minimum atomic E-state index is 0.112. The molecule has 2 aliphatic heterocycles. The molecule has 18 heavy (non-hydrogen) atoms. The summed E-state index contributed by atoms with van der Waals surface area (Å²) in [5.41, 5.74) is 0. The van der Waals surface area contributed by atoms with E-state index in [1.165, 1.54) is 0 Å². The molecule has 0 unspecified atom stereocenters. The molecule has 5 heteroatoms. The Kier molecular flexibility index (Phi) is 4.58. The second kappa shape index (κ2) is 6.18. The minimum absolute atomic E-state index is 0.112. The molecule has 2 aliphatic rings. The molecule has 0 radical (unpaired) electrons. The van der Waals surface area contributed by atoms with E-state index in [4.69, 9.17) is 0 Å². The van der Waals surface area contributed by atoms with E-state index < -0.39 is 0 Å². The molecule has 0 aliphatic carbocycles. The molecule has 0 aromatic rings. The van der Waals surface area contributed by atoms with Gasteiger partial charge in [-0.05, 0) is 19.4 Å². The van der Waals surface area contributed by atoms with Crippen molar-refractivity contribution in [1.29, 1.82) is 0 Å². The lowest BCUT2D eigenvalue weighted by Crippen LogP contribution is -2.52. The molecule has 5 nitrogen and oxygen atoms in total. The number of likely N-dealkylation sites (tertiary alicyclic amines) is 1. The Morgan fingerprint density at radius 2 is 1.83 bits per heavy atom. The quantitative estimate of drug-likeness (QED) is 0.720. The first-order valence-electron chi connectivity index (χ1n) is 6.98. The van der Waals surface area contributed by atoms with Crippen molar-refractivity contribution in [2.75, 3.05) is 45.8 Å². The molecular weight excluding hydrogens is 230 g/mol. The van der Waals surface area contributed by atoms with Crippen LogP contribution in [-0.2, 0) is 9.59 Å². The predicted molar refractivity (Wildman–Crippen MR) is 69.1 cm³/mol. The molecule has 2 rings (SSSR count). The van der Waals surface area contributed by atoms with Gasteiger partial charge in [0.1, 0.15) is 0 Å². The third-order valence-corrected chi connectivity index (χ3v) is 3.92. The van der Waals surface area contributed by atoms with Crippen LogP contribution in [0.25, 0.3) is 0 Å². The van der Waals surface area contributed by atoms with E-state index in [9.17, 15) is 9.59 Å². The van der Waals surface area contributed by atoms with Crippen molar-refractivity contribution in [1.82, 2.24) is 14.7 Å². The van der Waals surface area contributed by atoms with Crippen molar-refractivity contribution < 1.29 is 9.59 Å². The Morgan fingerprint density at radius 3 is 2.44 bits per heavy atom. The lowest BCUT2D eigenvalue weighted by molar-refractivity contribution is -0.142.